The van der Waals surface area contributed by atoms with Gasteiger partial charge >= 0.3 is 0 Å². The molecule has 5 nitrogen and oxygen atoms in total. The second-order valence-electron chi connectivity index (χ2n) is 5.57. The highest BCUT2D eigenvalue weighted by Gasteiger charge is 2.29. The summed E-state index contributed by atoms with van der Waals surface area (Å²) in [5.41, 5.74) is 2.88. The Kier molecular flexibility index (Phi) is 3.49. The predicted octanol–water partition coefficient (Wildman–Crippen LogP) is 2.47. The SMILES string of the molecule is CC(=O)N1CCC[C@@H]1c1cccc(-c2cnc(C)n2C)n1. The number of nitrogens with zero attached hydrogens (tertiary/aromatic N) is 4. The first kappa shape index (κ1) is 13.8. The highest BCUT2D eigenvalue weighted by Crippen LogP contribution is 2.31. The lowest BCUT2D eigenvalue weighted by molar-refractivity contribution is -0.129. The van der Waals surface area contributed by atoms with Crippen LogP contribution in [0, 0.1) is 6.92 Å². The van der Waals surface area contributed by atoms with Crippen LogP contribution < -0.4 is 0 Å². The zero-order valence-electron chi connectivity index (χ0n) is 12.7. The van der Waals surface area contributed by atoms with E-state index in [4.69, 9.17) is 4.98 Å². The van der Waals surface area contributed by atoms with Gasteiger partial charge in [-0.15, -0.1) is 0 Å². The summed E-state index contributed by atoms with van der Waals surface area (Å²) in [5, 5.41) is 0. The van der Waals surface area contributed by atoms with Crippen molar-refractivity contribution in [2.45, 2.75) is 32.7 Å². The molecule has 0 radical (unpaired) electrons. The lowest BCUT2D eigenvalue weighted by Gasteiger charge is -2.23. The topological polar surface area (TPSA) is 51.0 Å². The molecule has 1 amide bonds. The highest BCUT2D eigenvalue weighted by molar-refractivity contribution is 5.74. The summed E-state index contributed by atoms with van der Waals surface area (Å²) in [6, 6.07) is 6.12. The van der Waals surface area contributed by atoms with Crippen LogP contribution in [-0.2, 0) is 11.8 Å². The molecule has 5 heteroatoms. The quantitative estimate of drug-likeness (QED) is 0.851. The molecule has 1 aliphatic heterocycles. The van der Waals surface area contributed by atoms with Crippen molar-refractivity contribution in [1.29, 1.82) is 0 Å². The number of aryl methyl sites for hydroxylation is 1. The minimum absolute atomic E-state index is 0.108. The van der Waals surface area contributed by atoms with Crippen LogP contribution in [0.5, 0.6) is 0 Å². The fraction of sp³-hybridized carbons (Fsp3) is 0.438. The minimum Gasteiger partial charge on any atom is -0.334 e. The summed E-state index contributed by atoms with van der Waals surface area (Å²) < 4.78 is 2.03. The van der Waals surface area contributed by atoms with Crippen LogP contribution in [0.25, 0.3) is 11.4 Å². The first-order valence-electron chi connectivity index (χ1n) is 7.31. The summed E-state index contributed by atoms with van der Waals surface area (Å²) in [5.74, 6) is 1.09. The van der Waals surface area contributed by atoms with Gasteiger partial charge in [0, 0.05) is 20.5 Å². The Morgan fingerprint density at radius 1 is 1.38 bits per heavy atom. The molecule has 0 unspecified atom stereocenters. The Bertz CT molecular complexity index is 677. The third-order valence-corrected chi connectivity index (χ3v) is 4.25. The number of amides is 1. The van der Waals surface area contributed by atoms with E-state index in [1.165, 1.54) is 0 Å². The van der Waals surface area contributed by atoms with Crippen molar-refractivity contribution in [3.8, 4) is 11.4 Å². The van der Waals surface area contributed by atoms with Gasteiger partial charge in [0.25, 0.3) is 0 Å². The van der Waals surface area contributed by atoms with Crippen molar-refractivity contribution in [2.75, 3.05) is 6.54 Å². The molecule has 0 N–H and O–H groups in total. The summed E-state index contributed by atoms with van der Waals surface area (Å²) >= 11 is 0. The van der Waals surface area contributed by atoms with E-state index in [1.54, 1.807) is 6.92 Å². The molecule has 2 aromatic rings. The molecule has 1 saturated heterocycles. The molecule has 0 aliphatic carbocycles. The van der Waals surface area contributed by atoms with Gasteiger partial charge in [0.1, 0.15) is 5.82 Å². The second kappa shape index (κ2) is 5.31. The van der Waals surface area contributed by atoms with Crippen molar-refractivity contribution >= 4 is 5.91 Å². The first-order chi connectivity index (χ1) is 10.1. The number of imidazole rings is 1. The zero-order chi connectivity index (χ0) is 15.0. The molecule has 1 aliphatic rings. The molecule has 110 valence electrons. The lowest BCUT2D eigenvalue weighted by atomic mass is 10.1. The van der Waals surface area contributed by atoms with Gasteiger partial charge in [-0.2, -0.15) is 0 Å². The van der Waals surface area contributed by atoms with Crippen LogP contribution in [0.2, 0.25) is 0 Å². The van der Waals surface area contributed by atoms with Crippen LogP contribution in [-0.4, -0.2) is 31.9 Å². The van der Waals surface area contributed by atoms with Gasteiger partial charge in [-0.05, 0) is 31.9 Å². The molecule has 1 atom stereocenters. The summed E-state index contributed by atoms with van der Waals surface area (Å²) in [6.45, 7) is 4.44. The fourth-order valence-corrected chi connectivity index (χ4v) is 2.97. The highest BCUT2D eigenvalue weighted by atomic mass is 16.2. The predicted molar refractivity (Wildman–Crippen MR) is 80.5 cm³/mol. The third-order valence-electron chi connectivity index (χ3n) is 4.25. The van der Waals surface area contributed by atoms with Crippen molar-refractivity contribution in [1.82, 2.24) is 19.4 Å². The Hall–Kier alpha value is -2.17. The van der Waals surface area contributed by atoms with E-state index in [9.17, 15) is 4.79 Å². The average Bonchev–Trinajstić information content (AvgIpc) is 3.08. The second-order valence-corrected chi connectivity index (χ2v) is 5.57. The number of hydrogen-bond donors (Lipinski definition) is 0. The fourth-order valence-electron chi connectivity index (χ4n) is 2.97. The number of rotatable bonds is 2. The van der Waals surface area contributed by atoms with Gasteiger partial charge in [-0.25, -0.2) is 9.97 Å². The number of carbonyl (C=O) groups is 1. The largest absolute Gasteiger partial charge is 0.334 e. The molecule has 3 rings (SSSR count). The van der Waals surface area contributed by atoms with Crippen LogP contribution in [0.1, 0.15) is 37.3 Å². The molecular weight excluding hydrogens is 264 g/mol. The maximum absolute atomic E-state index is 11.7. The molecular formula is C16H20N4O. The van der Waals surface area contributed by atoms with Crippen LogP contribution >= 0.6 is 0 Å². The summed E-state index contributed by atoms with van der Waals surface area (Å²) in [6.07, 6.45) is 3.88. The van der Waals surface area contributed by atoms with E-state index < -0.39 is 0 Å². The molecule has 0 bridgehead atoms. The molecule has 3 heterocycles. The standard InChI is InChI=1S/C16H20N4O/c1-11-17-10-16(19(11)3)14-7-4-6-13(18-14)15-8-5-9-20(15)12(2)21/h4,6-7,10,15H,5,8-9H2,1-3H3/t15-/m1/s1. The normalized spacial score (nSPS) is 18.2. The number of carbonyl (C=O) groups excluding carboxylic acids is 1. The Balaban J connectivity index is 1.97. The summed E-state index contributed by atoms with van der Waals surface area (Å²) in [7, 11) is 1.99. The van der Waals surface area contributed by atoms with Crippen molar-refractivity contribution in [3.63, 3.8) is 0 Å². The molecule has 0 saturated carbocycles. The average molecular weight is 284 g/mol. The van der Waals surface area contributed by atoms with E-state index in [0.29, 0.717) is 0 Å². The Morgan fingerprint density at radius 2 is 2.19 bits per heavy atom. The zero-order valence-corrected chi connectivity index (χ0v) is 12.7. The number of hydrogen-bond acceptors (Lipinski definition) is 3. The number of likely N-dealkylation sites (tertiary alicyclic amines) is 1. The molecule has 1 fully saturated rings. The molecule has 0 spiro atoms. The molecule has 2 aromatic heterocycles. The maximum atomic E-state index is 11.7. The third kappa shape index (κ3) is 2.44. The molecule has 21 heavy (non-hydrogen) atoms. The van der Waals surface area contributed by atoms with Crippen LogP contribution in [0.4, 0.5) is 0 Å². The van der Waals surface area contributed by atoms with E-state index in [2.05, 4.69) is 4.98 Å². The smallest absolute Gasteiger partial charge is 0.220 e. The monoisotopic (exact) mass is 284 g/mol. The van der Waals surface area contributed by atoms with E-state index in [0.717, 1.165) is 42.3 Å². The van der Waals surface area contributed by atoms with Gasteiger partial charge in [0.15, 0.2) is 0 Å². The maximum Gasteiger partial charge on any atom is 0.220 e. The summed E-state index contributed by atoms with van der Waals surface area (Å²) in [4.78, 5) is 22.7. The van der Waals surface area contributed by atoms with Crippen molar-refractivity contribution in [2.24, 2.45) is 7.05 Å². The Labute approximate surface area is 124 Å². The lowest BCUT2D eigenvalue weighted by Crippen LogP contribution is -2.28. The Morgan fingerprint density at radius 3 is 2.86 bits per heavy atom. The van der Waals surface area contributed by atoms with Crippen LogP contribution in [0.15, 0.2) is 24.4 Å². The number of aromatic nitrogens is 3. The van der Waals surface area contributed by atoms with Gasteiger partial charge in [-0.1, -0.05) is 6.07 Å². The van der Waals surface area contributed by atoms with E-state index >= 15 is 0 Å². The van der Waals surface area contributed by atoms with Gasteiger partial charge < -0.3 is 9.47 Å². The number of pyridine rings is 1. The van der Waals surface area contributed by atoms with Gasteiger partial charge in [-0.3, -0.25) is 4.79 Å². The van der Waals surface area contributed by atoms with Gasteiger partial charge in [0.2, 0.25) is 5.91 Å². The van der Waals surface area contributed by atoms with Crippen molar-refractivity contribution in [3.05, 3.63) is 35.9 Å². The first-order valence-corrected chi connectivity index (χ1v) is 7.31. The van der Waals surface area contributed by atoms with E-state index in [-0.39, 0.29) is 11.9 Å². The minimum atomic E-state index is 0.108. The van der Waals surface area contributed by atoms with Crippen molar-refractivity contribution < 1.29 is 4.79 Å². The molecule has 0 aromatic carbocycles. The van der Waals surface area contributed by atoms with E-state index in [1.807, 2.05) is 47.8 Å². The van der Waals surface area contributed by atoms with Gasteiger partial charge in [0.05, 0.1) is 29.3 Å². The van der Waals surface area contributed by atoms with Crippen LogP contribution in [0.3, 0.4) is 0 Å².